The van der Waals surface area contributed by atoms with Crippen molar-refractivity contribution >= 4 is 22.6 Å². The average Bonchev–Trinajstić information content (AvgIpc) is 2.85. The second-order valence-electron chi connectivity index (χ2n) is 4.07. The number of nitrogens with zero attached hydrogens (tertiary/aromatic N) is 1. The van der Waals surface area contributed by atoms with Crippen molar-refractivity contribution in [3.63, 3.8) is 0 Å². The van der Waals surface area contributed by atoms with E-state index in [-0.39, 0.29) is 0 Å². The minimum Gasteiger partial charge on any atom is -0.381 e. The molecule has 2 aromatic heterocycles. The van der Waals surface area contributed by atoms with Crippen LogP contribution in [0.5, 0.6) is 0 Å². The maximum atomic E-state index is 10.3. The highest BCUT2D eigenvalue weighted by Gasteiger charge is 2.35. The molecule has 5 heteroatoms. The Morgan fingerprint density at radius 3 is 3.12 bits per heavy atom. The number of aromatic nitrogens is 2. The van der Waals surface area contributed by atoms with Gasteiger partial charge in [-0.2, -0.15) is 0 Å². The van der Waals surface area contributed by atoms with E-state index in [0.717, 1.165) is 11.1 Å². The summed E-state index contributed by atoms with van der Waals surface area (Å²) in [7, 11) is 0. The Bertz CT molecular complexity index is 532. The molecule has 0 unspecified atom stereocenters. The number of H-pyrrole nitrogens is 1. The van der Waals surface area contributed by atoms with Gasteiger partial charge in [0.1, 0.15) is 11.2 Å². The first-order chi connectivity index (χ1) is 7.69. The van der Waals surface area contributed by atoms with Crippen LogP contribution >= 0.6 is 11.6 Å². The van der Waals surface area contributed by atoms with Crippen molar-refractivity contribution in [2.45, 2.75) is 12.0 Å². The fourth-order valence-electron chi connectivity index (χ4n) is 2.01. The van der Waals surface area contributed by atoms with Gasteiger partial charge in [0, 0.05) is 24.6 Å². The highest BCUT2D eigenvalue weighted by atomic mass is 35.5. The molecule has 1 saturated heterocycles. The number of aliphatic hydroxyl groups is 1. The van der Waals surface area contributed by atoms with Crippen molar-refractivity contribution in [3.05, 3.63) is 29.0 Å². The van der Waals surface area contributed by atoms with E-state index in [4.69, 9.17) is 16.3 Å². The Kier molecular flexibility index (Phi) is 2.17. The van der Waals surface area contributed by atoms with E-state index in [1.165, 1.54) is 0 Å². The van der Waals surface area contributed by atoms with Gasteiger partial charge in [-0.15, -0.1) is 0 Å². The van der Waals surface area contributed by atoms with E-state index in [1.807, 2.05) is 6.07 Å². The molecule has 0 amide bonds. The quantitative estimate of drug-likeness (QED) is 0.797. The van der Waals surface area contributed by atoms with Crippen LogP contribution < -0.4 is 0 Å². The van der Waals surface area contributed by atoms with Crippen molar-refractivity contribution in [1.29, 1.82) is 0 Å². The molecular weight excluding hydrogens is 228 g/mol. The average molecular weight is 239 g/mol. The lowest BCUT2D eigenvalue weighted by Gasteiger charge is -2.18. The minimum absolute atomic E-state index is 0.317. The maximum Gasteiger partial charge on any atom is 0.139 e. The molecule has 0 aliphatic carbocycles. The van der Waals surface area contributed by atoms with Crippen molar-refractivity contribution in [1.82, 2.24) is 9.97 Å². The lowest BCUT2D eigenvalue weighted by atomic mass is 9.99. The van der Waals surface area contributed by atoms with E-state index < -0.39 is 5.60 Å². The molecule has 3 rings (SSSR count). The van der Waals surface area contributed by atoms with Gasteiger partial charge >= 0.3 is 0 Å². The Morgan fingerprint density at radius 2 is 2.44 bits per heavy atom. The molecule has 1 aliphatic rings. The van der Waals surface area contributed by atoms with E-state index >= 15 is 0 Å². The lowest BCUT2D eigenvalue weighted by Crippen LogP contribution is -2.25. The molecule has 0 bridgehead atoms. The number of ether oxygens (including phenoxy) is 1. The van der Waals surface area contributed by atoms with Gasteiger partial charge in [-0.1, -0.05) is 11.6 Å². The molecule has 0 saturated carbocycles. The Balaban J connectivity index is 2.15. The van der Waals surface area contributed by atoms with Gasteiger partial charge in [0.25, 0.3) is 0 Å². The third-order valence-electron chi connectivity index (χ3n) is 2.98. The summed E-state index contributed by atoms with van der Waals surface area (Å²) in [6.07, 6.45) is 2.23. The molecule has 1 atom stereocenters. The molecule has 1 fully saturated rings. The maximum absolute atomic E-state index is 10.3. The van der Waals surface area contributed by atoms with Crippen LogP contribution in [0.4, 0.5) is 0 Å². The number of halogens is 1. The normalized spacial score (nSPS) is 25.4. The SMILES string of the molecule is O[C@@]1(c2cc3c(Cl)ccnc3[nH]2)CCOC1. The standard InChI is InChI=1S/C11H11ClN2O2/c12-8-1-3-13-10-7(8)5-9(14-10)11(15)2-4-16-6-11/h1,3,5,15H,2,4,6H2,(H,13,14)/t11-/m0/s1. The number of nitrogens with one attached hydrogen (secondary N) is 1. The number of aromatic amines is 1. The summed E-state index contributed by atoms with van der Waals surface area (Å²) in [6.45, 7) is 0.893. The first-order valence-corrected chi connectivity index (χ1v) is 5.51. The molecule has 0 radical (unpaired) electrons. The van der Waals surface area contributed by atoms with Crippen LogP contribution in [0.15, 0.2) is 18.3 Å². The summed E-state index contributed by atoms with van der Waals surface area (Å²) in [4.78, 5) is 7.27. The summed E-state index contributed by atoms with van der Waals surface area (Å²) in [6, 6.07) is 3.58. The molecule has 0 aromatic carbocycles. The van der Waals surface area contributed by atoms with Crippen LogP contribution in [0, 0.1) is 0 Å². The number of hydrogen-bond donors (Lipinski definition) is 2. The lowest BCUT2D eigenvalue weighted by molar-refractivity contribution is 0.0200. The fraction of sp³-hybridized carbons (Fsp3) is 0.364. The summed E-state index contributed by atoms with van der Waals surface area (Å²) in [5.74, 6) is 0. The number of hydrogen-bond acceptors (Lipinski definition) is 3. The van der Waals surface area contributed by atoms with Crippen molar-refractivity contribution < 1.29 is 9.84 Å². The molecule has 4 nitrogen and oxygen atoms in total. The van der Waals surface area contributed by atoms with Gasteiger partial charge in [0.2, 0.25) is 0 Å². The fourth-order valence-corrected chi connectivity index (χ4v) is 2.21. The molecule has 0 spiro atoms. The monoisotopic (exact) mass is 238 g/mol. The molecule has 2 aromatic rings. The topological polar surface area (TPSA) is 58.1 Å². The number of pyridine rings is 1. The van der Waals surface area contributed by atoms with E-state index in [2.05, 4.69) is 9.97 Å². The largest absolute Gasteiger partial charge is 0.381 e. The van der Waals surface area contributed by atoms with E-state index in [1.54, 1.807) is 12.3 Å². The van der Waals surface area contributed by atoms with Crippen molar-refractivity contribution in [2.24, 2.45) is 0 Å². The van der Waals surface area contributed by atoms with Gasteiger partial charge in [0.05, 0.1) is 17.3 Å². The first-order valence-electron chi connectivity index (χ1n) is 5.13. The minimum atomic E-state index is -0.927. The van der Waals surface area contributed by atoms with Gasteiger partial charge in [0.15, 0.2) is 0 Å². The summed E-state index contributed by atoms with van der Waals surface area (Å²) in [5.41, 5.74) is 0.493. The second kappa shape index (κ2) is 3.45. The Labute approximate surface area is 97.2 Å². The molecular formula is C11H11ClN2O2. The molecule has 2 N–H and O–H groups in total. The zero-order valence-corrected chi connectivity index (χ0v) is 9.29. The van der Waals surface area contributed by atoms with E-state index in [0.29, 0.717) is 30.3 Å². The molecule has 3 heterocycles. The van der Waals surface area contributed by atoms with Gasteiger partial charge in [-0.05, 0) is 12.1 Å². The van der Waals surface area contributed by atoms with Crippen LogP contribution in [-0.2, 0) is 10.3 Å². The van der Waals surface area contributed by atoms with Gasteiger partial charge in [-0.3, -0.25) is 0 Å². The predicted octanol–water partition coefficient (Wildman–Crippen LogP) is 1.82. The zero-order valence-electron chi connectivity index (χ0n) is 8.53. The second-order valence-corrected chi connectivity index (χ2v) is 4.48. The molecule has 1 aliphatic heterocycles. The number of rotatable bonds is 1. The molecule has 16 heavy (non-hydrogen) atoms. The predicted molar refractivity (Wildman–Crippen MR) is 60.4 cm³/mol. The highest BCUT2D eigenvalue weighted by Crippen LogP contribution is 2.33. The van der Waals surface area contributed by atoms with Gasteiger partial charge < -0.3 is 14.8 Å². The summed E-state index contributed by atoms with van der Waals surface area (Å²) < 4.78 is 5.22. The van der Waals surface area contributed by atoms with Crippen LogP contribution in [0.1, 0.15) is 12.1 Å². The Hall–Kier alpha value is -1.10. The third kappa shape index (κ3) is 1.42. The third-order valence-corrected chi connectivity index (χ3v) is 3.31. The van der Waals surface area contributed by atoms with Crippen LogP contribution in [-0.4, -0.2) is 28.3 Å². The van der Waals surface area contributed by atoms with Crippen LogP contribution in [0.3, 0.4) is 0 Å². The zero-order chi connectivity index (χ0) is 11.2. The number of fused-ring (bicyclic) bond motifs is 1. The summed E-state index contributed by atoms with van der Waals surface area (Å²) >= 11 is 6.05. The Morgan fingerprint density at radius 1 is 1.56 bits per heavy atom. The van der Waals surface area contributed by atoms with Crippen LogP contribution in [0.2, 0.25) is 5.02 Å². The summed E-state index contributed by atoms with van der Waals surface area (Å²) in [5, 5.41) is 11.8. The van der Waals surface area contributed by atoms with Crippen molar-refractivity contribution in [2.75, 3.05) is 13.2 Å². The smallest absolute Gasteiger partial charge is 0.139 e. The first kappa shape index (κ1) is 10.1. The highest BCUT2D eigenvalue weighted by molar-refractivity contribution is 6.35. The van der Waals surface area contributed by atoms with Crippen molar-refractivity contribution in [3.8, 4) is 0 Å². The van der Waals surface area contributed by atoms with Gasteiger partial charge in [-0.25, -0.2) is 4.98 Å². The molecule has 84 valence electrons. The van der Waals surface area contributed by atoms with Crippen LogP contribution in [0.25, 0.3) is 11.0 Å². The van der Waals surface area contributed by atoms with E-state index in [9.17, 15) is 5.11 Å².